The summed E-state index contributed by atoms with van der Waals surface area (Å²) >= 11 is 3.64. The van der Waals surface area contributed by atoms with Crippen molar-refractivity contribution < 1.29 is 24.2 Å². The molecule has 7 rings (SSSR count). The van der Waals surface area contributed by atoms with Crippen LogP contribution in [0.4, 0.5) is 5.69 Å². The van der Waals surface area contributed by atoms with Crippen molar-refractivity contribution in [3.05, 3.63) is 135 Å². The summed E-state index contributed by atoms with van der Waals surface area (Å²) in [5.41, 5.74) is 2.93. The molecule has 2 aliphatic rings. The van der Waals surface area contributed by atoms with Crippen LogP contribution < -0.4 is 15.2 Å². The lowest BCUT2D eigenvalue weighted by atomic mass is 9.82. The standard InChI is InChI=1S/C39H42BrN5O6Si/c1-25-36(52(3,4)49)34(18-20-43-23-32(41-42-43)30(24-46)27-9-6-5-7-10-27)51-39(25)31-21-28(40)14-17-33(31)45(38(39)48)22-26-12-15-29(16-13-26)44-19-8-11-35(50-2)37(44)47/h5-17,19,21,23,25,30,34,36,46,49H,18,20,22,24H2,1-4H3/t25-,30?,34+,36-,39+/m1/s1. The van der Waals surface area contributed by atoms with E-state index in [1.54, 1.807) is 27.9 Å². The number of fused-ring (bicyclic) bond motifs is 2. The zero-order valence-corrected chi connectivity index (χ0v) is 32.1. The summed E-state index contributed by atoms with van der Waals surface area (Å²) in [5, 5.41) is 18.9. The number of ether oxygens (including phenoxy) is 2. The number of amides is 1. The second-order valence-electron chi connectivity index (χ2n) is 14.2. The molecule has 270 valence electrons. The van der Waals surface area contributed by atoms with Gasteiger partial charge in [0, 0.05) is 46.1 Å². The zero-order valence-electron chi connectivity index (χ0n) is 29.5. The van der Waals surface area contributed by atoms with Crippen molar-refractivity contribution in [1.29, 1.82) is 0 Å². The van der Waals surface area contributed by atoms with Crippen molar-refractivity contribution in [3.8, 4) is 11.4 Å². The van der Waals surface area contributed by atoms with Gasteiger partial charge in [-0.2, -0.15) is 0 Å². The van der Waals surface area contributed by atoms with Crippen molar-refractivity contribution in [2.75, 3.05) is 18.6 Å². The summed E-state index contributed by atoms with van der Waals surface area (Å²) in [4.78, 5) is 41.2. The molecule has 3 aromatic carbocycles. The number of halogens is 1. The number of methoxy groups -OCH3 is 1. The minimum absolute atomic E-state index is 0.0964. The van der Waals surface area contributed by atoms with Gasteiger partial charge in [-0.1, -0.05) is 70.5 Å². The average Bonchev–Trinajstić information content (AvgIpc) is 3.79. The van der Waals surface area contributed by atoms with Crippen LogP contribution in [-0.2, 0) is 28.2 Å². The first-order valence-electron chi connectivity index (χ1n) is 17.4. The number of aryl methyl sites for hydroxylation is 1. The number of aliphatic hydroxyl groups excluding tert-OH is 1. The Morgan fingerprint density at radius 3 is 2.48 bits per heavy atom. The van der Waals surface area contributed by atoms with Crippen molar-refractivity contribution in [1.82, 2.24) is 19.6 Å². The molecule has 2 N–H and O–H groups in total. The number of benzene rings is 3. The van der Waals surface area contributed by atoms with Crippen LogP contribution in [0.1, 0.15) is 41.6 Å². The molecule has 1 saturated heterocycles. The number of aromatic nitrogens is 4. The van der Waals surface area contributed by atoms with E-state index in [4.69, 9.17) is 9.47 Å². The fourth-order valence-corrected chi connectivity index (χ4v) is 11.1. The minimum atomic E-state index is -2.88. The van der Waals surface area contributed by atoms with Gasteiger partial charge in [0.05, 0.1) is 43.7 Å². The Balaban J connectivity index is 1.16. The normalized spacial score (nSPS) is 21.9. The van der Waals surface area contributed by atoms with E-state index in [1.165, 1.54) is 11.7 Å². The maximum Gasteiger partial charge on any atom is 0.297 e. The van der Waals surface area contributed by atoms with Gasteiger partial charge in [0.25, 0.3) is 11.5 Å². The monoisotopic (exact) mass is 783 g/mol. The molecule has 1 unspecified atom stereocenters. The first-order valence-corrected chi connectivity index (χ1v) is 21.2. The van der Waals surface area contributed by atoms with Crippen molar-refractivity contribution in [3.63, 3.8) is 0 Å². The lowest BCUT2D eigenvalue weighted by Gasteiger charge is -2.32. The highest BCUT2D eigenvalue weighted by Crippen LogP contribution is 2.60. The largest absolute Gasteiger partial charge is 0.491 e. The highest BCUT2D eigenvalue weighted by molar-refractivity contribution is 9.10. The third kappa shape index (κ3) is 6.34. The predicted octanol–water partition coefficient (Wildman–Crippen LogP) is 5.76. The lowest BCUT2D eigenvalue weighted by Crippen LogP contribution is -2.46. The SMILES string of the molecule is COc1cccn(-c2ccc(CN3C(=O)[C@@]4(O[C@@H](CCn5cc(C(CO)c6ccccc6)nn5)[C@H]([Si](C)(C)O)[C@H]4C)c4cc(Br)ccc43)cc2)c1=O. The van der Waals surface area contributed by atoms with E-state index < -0.39 is 20.0 Å². The van der Waals surface area contributed by atoms with Crippen LogP contribution in [0.5, 0.6) is 5.75 Å². The van der Waals surface area contributed by atoms with Crippen LogP contribution in [0.2, 0.25) is 18.6 Å². The number of hydrogen-bond donors (Lipinski definition) is 2. The number of rotatable bonds is 11. The van der Waals surface area contributed by atoms with E-state index in [1.807, 2.05) is 99.0 Å². The van der Waals surface area contributed by atoms with Gasteiger partial charge in [-0.3, -0.25) is 18.8 Å². The van der Waals surface area contributed by atoms with Gasteiger partial charge in [0.2, 0.25) is 0 Å². The molecule has 4 heterocycles. The summed E-state index contributed by atoms with van der Waals surface area (Å²) in [6.45, 7) is 6.51. The molecule has 13 heteroatoms. The number of pyridine rings is 1. The Morgan fingerprint density at radius 2 is 1.79 bits per heavy atom. The number of hydrogen-bond acceptors (Lipinski definition) is 8. The summed E-state index contributed by atoms with van der Waals surface area (Å²) in [6, 6.07) is 26.5. The second kappa shape index (κ2) is 14.2. The van der Waals surface area contributed by atoms with Gasteiger partial charge < -0.3 is 24.3 Å². The fraction of sp³-hybridized carbons (Fsp3) is 0.333. The fourth-order valence-electron chi connectivity index (χ4n) is 8.15. The molecule has 0 radical (unpaired) electrons. The second-order valence-corrected chi connectivity index (χ2v) is 19.1. The summed E-state index contributed by atoms with van der Waals surface area (Å²) in [5.74, 6) is -0.525. The van der Waals surface area contributed by atoms with Gasteiger partial charge in [-0.05, 0) is 73.1 Å². The van der Waals surface area contributed by atoms with Crippen LogP contribution in [-0.4, -0.2) is 63.5 Å². The molecule has 0 bridgehead atoms. The quantitative estimate of drug-likeness (QED) is 0.162. The third-order valence-electron chi connectivity index (χ3n) is 10.6. The molecule has 5 atom stereocenters. The molecule has 0 aliphatic carbocycles. The number of nitrogens with zero attached hydrogens (tertiary/aromatic N) is 5. The number of aliphatic hydroxyl groups is 1. The van der Waals surface area contributed by atoms with E-state index in [0.717, 1.165) is 26.9 Å². The molecule has 1 amide bonds. The molecule has 52 heavy (non-hydrogen) atoms. The first kappa shape index (κ1) is 36.0. The van der Waals surface area contributed by atoms with Crippen molar-refractivity contribution in [2.45, 2.75) is 62.7 Å². The number of carbonyl (C=O) groups excluding carboxylic acids is 1. The summed E-state index contributed by atoms with van der Waals surface area (Å²) in [7, 11) is -1.41. The highest BCUT2D eigenvalue weighted by Gasteiger charge is 2.66. The molecule has 1 fully saturated rings. The third-order valence-corrected chi connectivity index (χ3v) is 13.6. The molecular formula is C39H42BrN5O6Si. The Hall–Kier alpha value is -4.40. The molecular weight excluding hydrogens is 742 g/mol. The highest BCUT2D eigenvalue weighted by atomic mass is 79.9. The van der Waals surface area contributed by atoms with Crippen LogP contribution in [0, 0.1) is 5.92 Å². The van der Waals surface area contributed by atoms with Crippen LogP contribution in [0.25, 0.3) is 5.69 Å². The first-order chi connectivity index (χ1) is 25.0. The van der Waals surface area contributed by atoms with Crippen molar-refractivity contribution >= 4 is 35.8 Å². The Kier molecular flexibility index (Phi) is 9.82. The van der Waals surface area contributed by atoms with Crippen molar-refractivity contribution in [2.24, 2.45) is 5.92 Å². The average molecular weight is 785 g/mol. The van der Waals surface area contributed by atoms with E-state index in [0.29, 0.717) is 30.9 Å². The molecule has 11 nitrogen and oxygen atoms in total. The van der Waals surface area contributed by atoms with Gasteiger partial charge >= 0.3 is 0 Å². The van der Waals surface area contributed by atoms with E-state index in [-0.39, 0.29) is 41.2 Å². The topological polar surface area (TPSA) is 132 Å². The Bertz CT molecular complexity index is 2140. The number of carbonyl (C=O) groups is 1. The summed E-state index contributed by atoms with van der Waals surface area (Å²) in [6.07, 6.45) is 3.63. The maximum absolute atomic E-state index is 14.9. The van der Waals surface area contributed by atoms with E-state index in [9.17, 15) is 19.5 Å². The van der Waals surface area contributed by atoms with Gasteiger partial charge in [-0.25, -0.2) is 0 Å². The number of anilines is 1. The molecule has 5 aromatic rings. The maximum atomic E-state index is 14.9. The van der Waals surface area contributed by atoms with Crippen LogP contribution in [0.15, 0.2) is 107 Å². The zero-order chi connectivity index (χ0) is 36.8. The smallest absolute Gasteiger partial charge is 0.297 e. The van der Waals surface area contributed by atoms with Gasteiger partial charge in [-0.15, -0.1) is 5.10 Å². The van der Waals surface area contributed by atoms with E-state index >= 15 is 0 Å². The minimum Gasteiger partial charge on any atom is -0.491 e. The molecule has 2 aliphatic heterocycles. The van der Waals surface area contributed by atoms with Gasteiger partial charge in [0.1, 0.15) is 0 Å². The van der Waals surface area contributed by atoms with Crippen LogP contribution in [0.3, 0.4) is 0 Å². The molecule has 0 saturated carbocycles. The molecule has 1 spiro atoms. The molecule has 2 aromatic heterocycles. The summed E-state index contributed by atoms with van der Waals surface area (Å²) < 4.78 is 16.3. The van der Waals surface area contributed by atoms with E-state index in [2.05, 4.69) is 26.2 Å². The Labute approximate surface area is 311 Å². The lowest BCUT2D eigenvalue weighted by molar-refractivity contribution is -0.146. The predicted molar refractivity (Wildman–Crippen MR) is 203 cm³/mol. The Morgan fingerprint density at radius 1 is 1.04 bits per heavy atom. The van der Waals surface area contributed by atoms with Crippen LogP contribution >= 0.6 is 15.9 Å². The van der Waals surface area contributed by atoms with Gasteiger partial charge in [0.15, 0.2) is 19.7 Å².